The van der Waals surface area contributed by atoms with Crippen LogP contribution in [0.1, 0.15) is 16.8 Å². The second-order valence-electron chi connectivity index (χ2n) is 4.75. The van der Waals surface area contributed by atoms with Gasteiger partial charge in [-0.15, -0.1) is 0 Å². The second-order valence-corrected chi connectivity index (χ2v) is 7.13. The van der Waals surface area contributed by atoms with Gasteiger partial charge in [0, 0.05) is 23.5 Å². The van der Waals surface area contributed by atoms with Crippen LogP contribution >= 0.6 is 15.9 Å². The molecule has 1 fully saturated rings. The Bertz CT molecular complexity index is 659. The van der Waals surface area contributed by atoms with Gasteiger partial charge in [0.15, 0.2) is 0 Å². The van der Waals surface area contributed by atoms with E-state index in [0.29, 0.717) is 19.8 Å². The number of nitrogens with two attached hydrogens (primary N) is 1. The van der Waals surface area contributed by atoms with E-state index in [-0.39, 0.29) is 20.8 Å². The SMILES string of the molecule is NS(=O)(=O)c1cc(C(=O)NCC2CCOC2)c(F)cc1Br. The van der Waals surface area contributed by atoms with Crippen molar-refractivity contribution in [3.05, 3.63) is 28.0 Å². The highest BCUT2D eigenvalue weighted by atomic mass is 79.9. The zero-order chi connectivity index (χ0) is 15.6. The van der Waals surface area contributed by atoms with Gasteiger partial charge in [-0.2, -0.15) is 0 Å². The van der Waals surface area contributed by atoms with Crippen molar-refractivity contribution in [3.63, 3.8) is 0 Å². The van der Waals surface area contributed by atoms with Crippen molar-refractivity contribution in [1.82, 2.24) is 5.32 Å². The molecule has 3 N–H and O–H groups in total. The Morgan fingerprint density at radius 1 is 1.52 bits per heavy atom. The summed E-state index contributed by atoms with van der Waals surface area (Å²) in [6.07, 6.45) is 0.825. The minimum absolute atomic E-state index is 0.0248. The van der Waals surface area contributed by atoms with Gasteiger partial charge in [0.25, 0.3) is 5.91 Å². The molecule has 1 atom stereocenters. The van der Waals surface area contributed by atoms with Crippen molar-refractivity contribution in [2.24, 2.45) is 11.1 Å². The van der Waals surface area contributed by atoms with E-state index in [4.69, 9.17) is 9.88 Å². The number of benzene rings is 1. The van der Waals surface area contributed by atoms with E-state index in [9.17, 15) is 17.6 Å². The maximum Gasteiger partial charge on any atom is 0.254 e. The van der Waals surface area contributed by atoms with Crippen molar-refractivity contribution in [3.8, 4) is 0 Å². The van der Waals surface area contributed by atoms with E-state index in [0.717, 1.165) is 18.6 Å². The van der Waals surface area contributed by atoms with Gasteiger partial charge in [0.1, 0.15) is 5.82 Å². The van der Waals surface area contributed by atoms with Gasteiger partial charge < -0.3 is 10.1 Å². The quantitative estimate of drug-likeness (QED) is 0.813. The van der Waals surface area contributed by atoms with Gasteiger partial charge in [-0.1, -0.05) is 0 Å². The summed E-state index contributed by atoms with van der Waals surface area (Å²) in [7, 11) is -4.05. The molecule has 6 nitrogen and oxygen atoms in total. The summed E-state index contributed by atoms with van der Waals surface area (Å²) in [5, 5.41) is 7.59. The number of nitrogens with one attached hydrogen (secondary N) is 1. The van der Waals surface area contributed by atoms with Gasteiger partial charge in [-0.05, 0) is 34.5 Å². The number of sulfonamides is 1. The van der Waals surface area contributed by atoms with Crippen molar-refractivity contribution in [2.45, 2.75) is 11.3 Å². The average molecular weight is 381 g/mol. The summed E-state index contributed by atoms with van der Waals surface area (Å²) in [6, 6.07) is 1.84. The molecule has 21 heavy (non-hydrogen) atoms. The third-order valence-electron chi connectivity index (χ3n) is 3.15. The third kappa shape index (κ3) is 4.00. The predicted molar refractivity (Wildman–Crippen MR) is 76.7 cm³/mol. The van der Waals surface area contributed by atoms with Crippen LogP contribution in [-0.2, 0) is 14.8 Å². The lowest BCUT2D eigenvalue weighted by Crippen LogP contribution is -2.30. The second kappa shape index (κ2) is 6.39. The fourth-order valence-corrected chi connectivity index (χ4v) is 3.60. The number of amides is 1. The molecular formula is C12H14BrFN2O4S. The van der Waals surface area contributed by atoms with Crippen LogP contribution in [0.2, 0.25) is 0 Å². The molecule has 0 aromatic heterocycles. The fraction of sp³-hybridized carbons (Fsp3) is 0.417. The molecule has 0 spiro atoms. The van der Waals surface area contributed by atoms with E-state index in [1.54, 1.807) is 0 Å². The zero-order valence-electron chi connectivity index (χ0n) is 10.9. The van der Waals surface area contributed by atoms with Gasteiger partial charge >= 0.3 is 0 Å². The average Bonchev–Trinajstić information content (AvgIpc) is 2.87. The first-order chi connectivity index (χ1) is 9.79. The summed E-state index contributed by atoms with van der Waals surface area (Å²) >= 11 is 2.91. The first kappa shape index (κ1) is 16.3. The maximum atomic E-state index is 13.8. The number of hydrogen-bond acceptors (Lipinski definition) is 4. The molecule has 116 valence electrons. The zero-order valence-corrected chi connectivity index (χ0v) is 13.3. The smallest absolute Gasteiger partial charge is 0.254 e. The number of carbonyl (C=O) groups excluding carboxylic acids is 1. The lowest BCUT2D eigenvalue weighted by atomic mass is 10.1. The number of primary sulfonamides is 1. The van der Waals surface area contributed by atoms with Crippen LogP contribution in [0.25, 0.3) is 0 Å². The highest BCUT2D eigenvalue weighted by Gasteiger charge is 2.22. The Morgan fingerprint density at radius 3 is 2.81 bits per heavy atom. The van der Waals surface area contributed by atoms with Crippen molar-refractivity contribution >= 4 is 31.9 Å². The molecule has 1 aliphatic heterocycles. The molecule has 1 heterocycles. The summed E-state index contributed by atoms with van der Waals surface area (Å²) < 4.78 is 41.7. The standard InChI is InChI=1S/C12H14BrFN2O4S/c13-9-4-10(14)8(3-11(9)21(15,18)19)12(17)16-5-7-1-2-20-6-7/h3-4,7H,1-2,5-6H2,(H,16,17)(H2,15,18,19). The molecule has 0 radical (unpaired) electrons. The lowest BCUT2D eigenvalue weighted by Gasteiger charge is -2.11. The van der Waals surface area contributed by atoms with Crippen LogP contribution in [0.15, 0.2) is 21.5 Å². The van der Waals surface area contributed by atoms with Gasteiger partial charge in [-0.25, -0.2) is 17.9 Å². The Kier molecular flexibility index (Phi) is 4.97. The normalized spacial score (nSPS) is 18.7. The Balaban J connectivity index is 2.20. The third-order valence-corrected chi connectivity index (χ3v) is 5.02. The Hall–Kier alpha value is -1.03. The number of hydrogen-bond donors (Lipinski definition) is 2. The highest BCUT2D eigenvalue weighted by molar-refractivity contribution is 9.10. The molecular weight excluding hydrogens is 367 g/mol. The molecule has 1 aliphatic rings. The van der Waals surface area contributed by atoms with Gasteiger partial charge in [-0.3, -0.25) is 4.79 Å². The van der Waals surface area contributed by atoms with Crippen molar-refractivity contribution < 1.29 is 22.3 Å². The largest absolute Gasteiger partial charge is 0.381 e. The molecule has 0 saturated carbocycles. The van der Waals surface area contributed by atoms with Crippen LogP contribution in [0.4, 0.5) is 4.39 Å². The molecule has 1 aromatic rings. The molecule has 1 amide bonds. The summed E-state index contributed by atoms with van der Waals surface area (Å²) in [6.45, 7) is 1.54. The summed E-state index contributed by atoms with van der Waals surface area (Å²) in [5.41, 5.74) is -0.360. The number of ether oxygens (including phenoxy) is 1. The van der Waals surface area contributed by atoms with E-state index in [1.807, 2.05) is 0 Å². The lowest BCUT2D eigenvalue weighted by molar-refractivity contribution is 0.0940. The monoisotopic (exact) mass is 380 g/mol. The van der Waals surface area contributed by atoms with E-state index < -0.39 is 21.7 Å². The van der Waals surface area contributed by atoms with Crippen molar-refractivity contribution in [2.75, 3.05) is 19.8 Å². The molecule has 1 unspecified atom stereocenters. The first-order valence-electron chi connectivity index (χ1n) is 6.17. The Morgan fingerprint density at radius 2 is 2.24 bits per heavy atom. The van der Waals surface area contributed by atoms with Crippen LogP contribution < -0.4 is 10.5 Å². The van der Waals surface area contributed by atoms with E-state index >= 15 is 0 Å². The van der Waals surface area contributed by atoms with E-state index in [2.05, 4.69) is 21.2 Å². The molecule has 1 saturated heterocycles. The topological polar surface area (TPSA) is 98.5 Å². The minimum atomic E-state index is -4.05. The van der Waals surface area contributed by atoms with Gasteiger partial charge in [0.2, 0.25) is 10.0 Å². The predicted octanol–water partition coefficient (Wildman–Crippen LogP) is 1.00. The molecule has 1 aromatic carbocycles. The number of carbonyl (C=O) groups is 1. The molecule has 2 rings (SSSR count). The molecule has 0 aliphatic carbocycles. The molecule has 0 bridgehead atoms. The first-order valence-corrected chi connectivity index (χ1v) is 8.50. The Labute approximate surface area is 130 Å². The summed E-state index contributed by atoms with van der Waals surface area (Å²) in [5.74, 6) is -1.32. The number of halogens is 2. The maximum absolute atomic E-state index is 13.8. The minimum Gasteiger partial charge on any atom is -0.381 e. The van der Waals surface area contributed by atoms with Crippen molar-refractivity contribution in [1.29, 1.82) is 0 Å². The molecule has 9 heteroatoms. The van der Waals surface area contributed by atoms with Crippen LogP contribution in [0.3, 0.4) is 0 Å². The fourth-order valence-electron chi connectivity index (χ4n) is 2.00. The van der Waals surface area contributed by atoms with Crippen LogP contribution in [0.5, 0.6) is 0 Å². The van der Waals surface area contributed by atoms with Crippen LogP contribution in [-0.4, -0.2) is 34.1 Å². The highest BCUT2D eigenvalue weighted by Crippen LogP contribution is 2.24. The van der Waals surface area contributed by atoms with Crippen LogP contribution in [0, 0.1) is 11.7 Å². The summed E-state index contributed by atoms with van der Waals surface area (Å²) in [4.78, 5) is 11.6. The van der Waals surface area contributed by atoms with E-state index in [1.165, 1.54) is 0 Å². The van der Waals surface area contributed by atoms with Gasteiger partial charge in [0.05, 0.1) is 17.1 Å². The number of rotatable bonds is 4.